The fraction of sp³-hybridized carbons (Fsp3) is 0.194. The Balaban J connectivity index is 1.37. The van der Waals surface area contributed by atoms with Crippen LogP contribution in [0.3, 0.4) is 0 Å². The van der Waals surface area contributed by atoms with Gasteiger partial charge in [0.25, 0.3) is 0 Å². The number of carbonyl (C=O) groups is 1. The van der Waals surface area contributed by atoms with E-state index in [4.69, 9.17) is 9.47 Å². The van der Waals surface area contributed by atoms with Gasteiger partial charge >= 0.3 is 0 Å². The lowest BCUT2D eigenvalue weighted by molar-refractivity contribution is -0.126. The summed E-state index contributed by atoms with van der Waals surface area (Å²) >= 11 is 0. The first-order valence-electron chi connectivity index (χ1n) is 12.0. The molecule has 3 aromatic carbocycles. The van der Waals surface area contributed by atoms with Crippen LogP contribution in [0.25, 0.3) is 23.8 Å². The summed E-state index contributed by atoms with van der Waals surface area (Å²) in [4.78, 5) is 14.9. The minimum absolute atomic E-state index is 0.0234. The second-order valence-electron chi connectivity index (χ2n) is 8.75. The zero-order valence-electron chi connectivity index (χ0n) is 20.2. The van der Waals surface area contributed by atoms with E-state index in [1.54, 1.807) is 20.3 Å². The summed E-state index contributed by atoms with van der Waals surface area (Å²) in [5.41, 5.74) is 8.61. The largest absolute Gasteiger partial charge is 0.497 e. The van der Waals surface area contributed by atoms with Crippen LogP contribution in [0, 0.1) is 0 Å². The van der Waals surface area contributed by atoms with Gasteiger partial charge in [-0.3, -0.25) is 4.79 Å². The number of hydrogen-bond donors (Lipinski definition) is 0. The second kappa shape index (κ2) is 10.1. The molecule has 0 radical (unpaired) electrons. The highest BCUT2D eigenvalue weighted by atomic mass is 16.5. The summed E-state index contributed by atoms with van der Waals surface area (Å²) in [7, 11) is 3.24. The third-order valence-electron chi connectivity index (χ3n) is 6.78. The molecule has 0 atom stereocenters. The molecule has 0 bridgehead atoms. The molecule has 4 nitrogen and oxygen atoms in total. The van der Waals surface area contributed by atoms with Crippen molar-refractivity contribution in [1.29, 1.82) is 0 Å². The van der Waals surface area contributed by atoms with Crippen molar-refractivity contribution in [2.24, 2.45) is 0 Å². The van der Waals surface area contributed by atoms with Crippen molar-refractivity contribution >= 4 is 29.7 Å². The van der Waals surface area contributed by atoms with E-state index in [2.05, 4.69) is 60.7 Å². The Hall–Kier alpha value is -4.05. The van der Waals surface area contributed by atoms with Crippen LogP contribution in [0.4, 0.5) is 0 Å². The normalized spacial score (nSPS) is 15.0. The van der Waals surface area contributed by atoms with Gasteiger partial charge in [-0.2, -0.15) is 0 Å². The average Bonchev–Trinajstić information content (AvgIpc) is 3.08. The molecule has 0 N–H and O–H groups in total. The Morgan fingerprint density at radius 1 is 0.829 bits per heavy atom. The maximum absolute atomic E-state index is 13.0. The SMILES string of the molecule is COc1ccc(C=CC(=O)N2CCC(=C3c4ccccc4C=Cc4ccccc43)CC2)c(OC)c1. The van der Waals surface area contributed by atoms with Crippen molar-refractivity contribution in [1.82, 2.24) is 4.90 Å². The molecule has 1 fully saturated rings. The Morgan fingerprint density at radius 2 is 1.46 bits per heavy atom. The van der Waals surface area contributed by atoms with E-state index in [0.717, 1.165) is 24.2 Å². The van der Waals surface area contributed by atoms with Crippen LogP contribution in [-0.4, -0.2) is 38.1 Å². The quantitative estimate of drug-likeness (QED) is 0.332. The number of amides is 1. The van der Waals surface area contributed by atoms with Gasteiger partial charge in [0.15, 0.2) is 0 Å². The monoisotopic (exact) mass is 463 g/mol. The van der Waals surface area contributed by atoms with Crippen molar-refractivity contribution in [3.8, 4) is 11.5 Å². The van der Waals surface area contributed by atoms with Gasteiger partial charge in [-0.25, -0.2) is 0 Å². The molecule has 176 valence electrons. The van der Waals surface area contributed by atoms with Crippen LogP contribution in [0.5, 0.6) is 11.5 Å². The van der Waals surface area contributed by atoms with Crippen LogP contribution in [0.1, 0.15) is 40.7 Å². The van der Waals surface area contributed by atoms with E-state index < -0.39 is 0 Å². The smallest absolute Gasteiger partial charge is 0.246 e. The molecule has 4 heteroatoms. The first-order valence-corrected chi connectivity index (χ1v) is 12.0. The number of rotatable bonds is 4. The Morgan fingerprint density at radius 3 is 2.06 bits per heavy atom. The van der Waals surface area contributed by atoms with Crippen molar-refractivity contribution < 1.29 is 14.3 Å². The summed E-state index contributed by atoms with van der Waals surface area (Å²) in [6.07, 6.45) is 9.60. The third kappa shape index (κ3) is 4.65. The van der Waals surface area contributed by atoms with Crippen LogP contribution >= 0.6 is 0 Å². The summed E-state index contributed by atoms with van der Waals surface area (Å²) < 4.78 is 10.7. The Labute approximate surface area is 206 Å². The molecular weight excluding hydrogens is 434 g/mol. The fourth-order valence-corrected chi connectivity index (χ4v) is 4.92. The van der Waals surface area contributed by atoms with Crippen molar-refractivity contribution in [2.75, 3.05) is 27.3 Å². The fourth-order valence-electron chi connectivity index (χ4n) is 4.92. The molecule has 0 saturated carbocycles. The van der Waals surface area contributed by atoms with E-state index in [1.807, 2.05) is 29.2 Å². The maximum atomic E-state index is 13.0. The number of ether oxygens (including phenoxy) is 2. The van der Waals surface area contributed by atoms with Crippen LogP contribution in [-0.2, 0) is 4.79 Å². The molecule has 35 heavy (non-hydrogen) atoms. The van der Waals surface area contributed by atoms with Gasteiger partial charge in [0.2, 0.25) is 5.91 Å². The maximum Gasteiger partial charge on any atom is 0.246 e. The Kier molecular flexibility index (Phi) is 6.53. The number of piperidine rings is 1. The van der Waals surface area contributed by atoms with E-state index in [1.165, 1.54) is 33.4 Å². The van der Waals surface area contributed by atoms with Gasteiger partial charge in [-0.05, 0) is 58.9 Å². The molecule has 3 aromatic rings. The van der Waals surface area contributed by atoms with E-state index >= 15 is 0 Å². The highest BCUT2D eigenvalue weighted by Gasteiger charge is 2.23. The molecule has 1 aliphatic heterocycles. The average molecular weight is 464 g/mol. The molecule has 1 saturated heterocycles. The Bertz CT molecular complexity index is 1290. The van der Waals surface area contributed by atoms with E-state index in [-0.39, 0.29) is 5.91 Å². The van der Waals surface area contributed by atoms with Crippen molar-refractivity contribution in [2.45, 2.75) is 12.8 Å². The highest BCUT2D eigenvalue weighted by molar-refractivity contribution is 5.95. The zero-order chi connectivity index (χ0) is 24.2. The van der Waals surface area contributed by atoms with Crippen molar-refractivity contribution in [3.63, 3.8) is 0 Å². The second-order valence-corrected chi connectivity index (χ2v) is 8.75. The summed E-state index contributed by atoms with van der Waals surface area (Å²) in [6.45, 7) is 1.42. The van der Waals surface area contributed by atoms with Gasteiger partial charge in [0.1, 0.15) is 11.5 Å². The first kappa shape index (κ1) is 22.7. The predicted octanol–water partition coefficient (Wildman–Crippen LogP) is 6.33. The highest BCUT2D eigenvalue weighted by Crippen LogP contribution is 2.38. The molecule has 0 spiro atoms. The van der Waals surface area contributed by atoms with Gasteiger partial charge in [0, 0.05) is 30.8 Å². The predicted molar refractivity (Wildman–Crippen MR) is 142 cm³/mol. The van der Waals surface area contributed by atoms with Crippen LogP contribution in [0.2, 0.25) is 0 Å². The number of hydrogen-bond acceptors (Lipinski definition) is 3. The van der Waals surface area contributed by atoms with Gasteiger partial charge in [0.05, 0.1) is 14.2 Å². The first-order chi connectivity index (χ1) is 17.2. The molecule has 1 heterocycles. The standard InChI is InChI=1S/C31H29NO3/c1-34-26-15-13-24(29(21-26)35-2)14-16-30(33)32-19-17-25(18-20-32)31-27-9-5-3-7-22(27)11-12-23-8-4-6-10-28(23)31/h3-16,21H,17-20H2,1-2H3. The number of methoxy groups -OCH3 is 2. The molecule has 0 unspecified atom stereocenters. The van der Waals surface area contributed by atoms with E-state index in [0.29, 0.717) is 18.8 Å². The lowest BCUT2D eigenvalue weighted by Gasteiger charge is -2.30. The molecule has 0 aromatic heterocycles. The summed E-state index contributed by atoms with van der Waals surface area (Å²) in [5.74, 6) is 1.42. The molecule has 1 aliphatic carbocycles. The number of nitrogens with zero attached hydrogens (tertiary/aromatic N) is 1. The molecule has 1 amide bonds. The van der Waals surface area contributed by atoms with Gasteiger partial charge in [-0.15, -0.1) is 0 Å². The number of benzene rings is 3. The molecule has 2 aliphatic rings. The summed E-state index contributed by atoms with van der Waals surface area (Å²) in [6, 6.07) is 22.8. The lowest BCUT2D eigenvalue weighted by atomic mass is 9.86. The zero-order valence-corrected chi connectivity index (χ0v) is 20.2. The number of fused-ring (bicyclic) bond motifs is 2. The van der Waals surface area contributed by atoms with Gasteiger partial charge < -0.3 is 14.4 Å². The van der Waals surface area contributed by atoms with Crippen LogP contribution in [0.15, 0.2) is 78.4 Å². The number of carbonyl (C=O) groups excluding carboxylic acids is 1. The van der Waals surface area contributed by atoms with Crippen LogP contribution < -0.4 is 9.47 Å². The minimum Gasteiger partial charge on any atom is -0.497 e. The molecule has 5 rings (SSSR count). The van der Waals surface area contributed by atoms with Gasteiger partial charge in [-0.1, -0.05) is 66.3 Å². The minimum atomic E-state index is 0.0234. The summed E-state index contributed by atoms with van der Waals surface area (Å²) in [5, 5.41) is 0. The topological polar surface area (TPSA) is 38.8 Å². The van der Waals surface area contributed by atoms with Crippen molar-refractivity contribution in [3.05, 3.63) is 106 Å². The third-order valence-corrected chi connectivity index (χ3v) is 6.78. The lowest BCUT2D eigenvalue weighted by Crippen LogP contribution is -2.35. The molecular formula is C31H29NO3. The number of likely N-dealkylation sites (tertiary alicyclic amines) is 1. The van der Waals surface area contributed by atoms with E-state index in [9.17, 15) is 4.79 Å².